The smallest absolute Gasteiger partial charge is 0.108 e. The minimum Gasteiger partial charge on any atom is -0.394 e. The third-order valence-corrected chi connectivity index (χ3v) is 1.87. The van der Waals surface area contributed by atoms with Crippen LogP contribution in [0.4, 0.5) is 0 Å². The highest BCUT2D eigenvalue weighted by atomic mass is 16.5. The molecule has 1 rings (SSSR count). The zero-order chi connectivity index (χ0) is 7.40. The maximum absolute atomic E-state index is 8.75. The lowest BCUT2D eigenvalue weighted by molar-refractivity contribution is -0.0825. The molecule has 0 aromatic heterocycles. The van der Waals surface area contributed by atoms with Gasteiger partial charge in [-0.25, -0.2) is 0 Å². The molecule has 2 atom stereocenters. The number of ether oxygens (including phenoxy) is 1. The fourth-order valence-electron chi connectivity index (χ4n) is 1.25. The number of aliphatic hydroxyl groups excluding tert-OH is 1. The molecule has 60 valence electrons. The second-order valence-corrected chi connectivity index (χ2v) is 2.65. The zero-order valence-electron chi connectivity index (χ0n) is 6.34. The Kier molecular flexibility index (Phi) is 3.12. The molecule has 0 amide bonds. The lowest BCUT2D eigenvalue weighted by Gasteiger charge is -2.28. The molecule has 0 bridgehead atoms. The van der Waals surface area contributed by atoms with Gasteiger partial charge in [0.05, 0.1) is 12.7 Å². The van der Waals surface area contributed by atoms with Crippen LogP contribution < -0.4 is 5.32 Å². The van der Waals surface area contributed by atoms with Crippen LogP contribution in [-0.2, 0) is 4.74 Å². The van der Waals surface area contributed by atoms with Crippen molar-refractivity contribution in [3.8, 4) is 0 Å². The summed E-state index contributed by atoms with van der Waals surface area (Å²) in [6.45, 7) is 0.151. The summed E-state index contributed by atoms with van der Waals surface area (Å²) in [5.74, 6) is 0. The van der Waals surface area contributed by atoms with Crippen LogP contribution >= 0.6 is 0 Å². The number of aliphatic hydroxyl groups is 1. The Morgan fingerprint density at radius 3 is 3.00 bits per heavy atom. The average Bonchev–Trinajstić information content (AvgIpc) is 2.05. The SMILES string of the molecule is CN[C@H]1CCCC(CO)O1. The number of hydrogen-bond acceptors (Lipinski definition) is 3. The van der Waals surface area contributed by atoms with E-state index in [4.69, 9.17) is 9.84 Å². The molecule has 1 saturated heterocycles. The standard InChI is InChI=1S/C7H15NO2/c1-8-7-4-2-3-6(5-9)10-7/h6-9H,2-5H2,1H3/t6?,7-/m1/s1. The molecular formula is C7H15NO2. The molecule has 1 aliphatic rings. The highest BCUT2D eigenvalue weighted by Gasteiger charge is 2.19. The average molecular weight is 145 g/mol. The molecule has 1 aliphatic heterocycles. The topological polar surface area (TPSA) is 41.5 Å². The van der Waals surface area contributed by atoms with Crippen LogP contribution in [0.2, 0.25) is 0 Å². The van der Waals surface area contributed by atoms with Gasteiger partial charge in [-0.3, -0.25) is 5.32 Å². The summed E-state index contributed by atoms with van der Waals surface area (Å²) in [6.07, 6.45) is 3.43. The second-order valence-electron chi connectivity index (χ2n) is 2.65. The van der Waals surface area contributed by atoms with Gasteiger partial charge in [-0.2, -0.15) is 0 Å². The molecule has 0 aromatic rings. The van der Waals surface area contributed by atoms with Crippen molar-refractivity contribution in [1.29, 1.82) is 0 Å². The molecule has 2 N–H and O–H groups in total. The lowest BCUT2D eigenvalue weighted by Crippen LogP contribution is -2.37. The second kappa shape index (κ2) is 3.91. The van der Waals surface area contributed by atoms with Crippen LogP contribution in [0.15, 0.2) is 0 Å². The summed E-state index contributed by atoms with van der Waals surface area (Å²) in [6, 6.07) is 0. The van der Waals surface area contributed by atoms with Crippen LogP contribution in [0, 0.1) is 0 Å². The number of hydrogen-bond donors (Lipinski definition) is 2. The third kappa shape index (κ3) is 1.94. The molecular weight excluding hydrogens is 130 g/mol. The Hall–Kier alpha value is -0.120. The van der Waals surface area contributed by atoms with E-state index in [1.54, 1.807) is 0 Å². The highest BCUT2D eigenvalue weighted by Crippen LogP contribution is 2.16. The van der Waals surface area contributed by atoms with Gasteiger partial charge in [0, 0.05) is 0 Å². The molecule has 0 spiro atoms. The minimum atomic E-state index is 0.0613. The third-order valence-electron chi connectivity index (χ3n) is 1.87. The van der Waals surface area contributed by atoms with Crippen LogP contribution in [-0.4, -0.2) is 31.1 Å². The number of nitrogens with one attached hydrogen (secondary N) is 1. The lowest BCUT2D eigenvalue weighted by atomic mass is 10.1. The van der Waals surface area contributed by atoms with Gasteiger partial charge < -0.3 is 9.84 Å². The van der Waals surface area contributed by atoms with Gasteiger partial charge >= 0.3 is 0 Å². The van der Waals surface area contributed by atoms with Gasteiger partial charge in [-0.1, -0.05) is 0 Å². The Bertz CT molecular complexity index is 87.6. The molecule has 1 fully saturated rings. The van der Waals surface area contributed by atoms with E-state index < -0.39 is 0 Å². The van der Waals surface area contributed by atoms with Crippen LogP contribution in [0.5, 0.6) is 0 Å². The molecule has 1 unspecified atom stereocenters. The van der Waals surface area contributed by atoms with Crippen molar-refractivity contribution in [3.05, 3.63) is 0 Å². The Morgan fingerprint density at radius 1 is 1.60 bits per heavy atom. The normalized spacial score (nSPS) is 34.2. The summed E-state index contributed by atoms with van der Waals surface area (Å²) < 4.78 is 5.42. The summed E-state index contributed by atoms with van der Waals surface area (Å²) in [7, 11) is 1.88. The fraction of sp³-hybridized carbons (Fsp3) is 1.00. The summed E-state index contributed by atoms with van der Waals surface area (Å²) in [4.78, 5) is 0. The van der Waals surface area contributed by atoms with Crippen LogP contribution in [0.1, 0.15) is 19.3 Å². The summed E-state index contributed by atoms with van der Waals surface area (Å²) >= 11 is 0. The predicted molar refractivity (Wildman–Crippen MR) is 38.7 cm³/mol. The highest BCUT2D eigenvalue weighted by molar-refractivity contribution is 4.67. The van der Waals surface area contributed by atoms with Gasteiger partial charge in [-0.15, -0.1) is 0 Å². The van der Waals surface area contributed by atoms with E-state index in [9.17, 15) is 0 Å². The van der Waals surface area contributed by atoms with Gasteiger partial charge in [0.15, 0.2) is 0 Å². The van der Waals surface area contributed by atoms with E-state index in [-0.39, 0.29) is 18.9 Å². The minimum absolute atomic E-state index is 0.0613. The largest absolute Gasteiger partial charge is 0.394 e. The van der Waals surface area contributed by atoms with Crippen LogP contribution in [0.25, 0.3) is 0 Å². The summed E-state index contributed by atoms with van der Waals surface area (Å²) in [5.41, 5.74) is 0. The molecule has 0 saturated carbocycles. The van der Waals surface area contributed by atoms with E-state index in [2.05, 4.69) is 5.32 Å². The quantitative estimate of drug-likeness (QED) is 0.578. The van der Waals surface area contributed by atoms with Crippen molar-refractivity contribution in [1.82, 2.24) is 5.32 Å². The summed E-state index contributed by atoms with van der Waals surface area (Å²) in [5, 5.41) is 11.8. The van der Waals surface area contributed by atoms with E-state index >= 15 is 0 Å². The molecule has 1 heterocycles. The maximum Gasteiger partial charge on any atom is 0.108 e. The van der Waals surface area contributed by atoms with Crippen molar-refractivity contribution in [2.45, 2.75) is 31.6 Å². The zero-order valence-corrected chi connectivity index (χ0v) is 6.34. The van der Waals surface area contributed by atoms with Gasteiger partial charge in [0.2, 0.25) is 0 Å². The van der Waals surface area contributed by atoms with Crippen molar-refractivity contribution in [2.24, 2.45) is 0 Å². The van der Waals surface area contributed by atoms with E-state index in [0.717, 1.165) is 19.3 Å². The van der Waals surface area contributed by atoms with Crippen LogP contribution in [0.3, 0.4) is 0 Å². The molecule has 0 radical (unpaired) electrons. The Labute approximate surface area is 61.4 Å². The molecule has 0 aromatic carbocycles. The first kappa shape index (κ1) is 7.98. The maximum atomic E-state index is 8.75. The molecule has 3 nitrogen and oxygen atoms in total. The van der Waals surface area contributed by atoms with Crippen molar-refractivity contribution < 1.29 is 9.84 Å². The van der Waals surface area contributed by atoms with Gasteiger partial charge in [0.1, 0.15) is 6.23 Å². The first-order valence-corrected chi connectivity index (χ1v) is 3.80. The van der Waals surface area contributed by atoms with Gasteiger partial charge in [-0.05, 0) is 26.3 Å². The monoisotopic (exact) mass is 145 g/mol. The first-order chi connectivity index (χ1) is 4.86. The Balaban J connectivity index is 2.25. The first-order valence-electron chi connectivity index (χ1n) is 3.80. The van der Waals surface area contributed by atoms with E-state index in [0.29, 0.717) is 0 Å². The molecule has 10 heavy (non-hydrogen) atoms. The number of rotatable bonds is 2. The predicted octanol–water partition coefficient (Wildman–Crippen LogP) is 0.0933. The molecule has 0 aliphatic carbocycles. The van der Waals surface area contributed by atoms with E-state index in [1.165, 1.54) is 0 Å². The Morgan fingerprint density at radius 2 is 2.40 bits per heavy atom. The van der Waals surface area contributed by atoms with Crippen molar-refractivity contribution >= 4 is 0 Å². The van der Waals surface area contributed by atoms with Crippen molar-refractivity contribution in [2.75, 3.05) is 13.7 Å². The van der Waals surface area contributed by atoms with Gasteiger partial charge in [0.25, 0.3) is 0 Å². The van der Waals surface area contributed by atoms with Crippen molar-refractivity contribution in [3.63, 3.8) is 0 Å². The fourth-order valence-corrected chi connectivity index (χ4v) is 1.25. The molecule has 3 heteroatoms. The van der Waals surface area contributed by atoms with E-state index in [1.807, 2.05) is 7.05 Å².